The van der Waals surface area contributed by atoms with Gasteiger partial charge < -0.3 is 15.4 Å². The van der Waals surface area contributed by atoms with Crippen molar-refractivity contribution in [3.63, 3.8) is 0 Å². The molecule has 0 aliphatic carbocycles. The minimum Gasteiger partial charge on any atom is -0.496 e. The summed E-state index contributed by atoms with van der Waals surface area (Å²) in [6, 6.07) is 5.36. The van der Waals surface area contributed by atoms with Crippen LogP contribution in [0.15, 0.2) is 22.7 Å². The van der Waals surface area contributed by atoms with E-state index in [4.69, 9.17) is 4.74 Å². The first-order valence-corrected chi connectivity index (χ1v) is 6.80. The smallest absolute Gasteiger partial charge is 0.255 e. The van der Waals surface area contributed by atoms with Crippen molar-refractivity contribution < 1.29 is 9.53 Å². The molecule has 1 rings (SSSR count). The van der Waals surface area contributed by atoms with E-state index < -0.39 is 0 Å². The molecule has 1 amide bonds. The monoisotopic (exact) mass is 314 g/mol. The first-order chi connectivity index (χ1) is 8.69. The maximum Gasteiger partial charge on any atom is 0.255 e. The second kappa shape index (κ2) is 8.11. The van der Waals surface area contributed by atoms with Gasteiger partial charge in [0.2, 0.25) is 0 Å². The Morgan fingerprint density at radius 3 is 2.78 bits per heavy atom. The Balaban J connectivity index is 2.51. The van der Waals surface area contributed by atoms with Gasteiger partial charge in [0, 0.05) is 17.6 Å². The summed E-state index contributed by atoms with van der Waals surface area (Å²) in [6.45, 7) is 4.46. The highest BCUT2D eigenvalue weighted by Crippen LogP contribution is 2.23. The lowest BCUT2D eigenvalue weighted by Crippen LogP contribution is -2.32. The molecule has 100 valence electrons. The van der Waals surface area contributed by atoms with E-state index in [1.807, 2.05) is 6.07 Å². The van der Waals surface area contributed by atoms with Crippen molar-refractivity contribution in [3.8, 4) is 5.75 Å². The maximum atomic E-state index is 11.9. The number of halogens is 1. The van der Waals surface area contributed by atoms with E-state index in [0.717, 1.165) is 24.0 Å². The molecule has 0 unspecified atom stereocenters. The molecule has 4 nitrogen and oxygen atoms in total. The molecule has 0 bridgehead atoms. The zero-order valence-corrected chi connectivity index (χ0v) is 12.3. The standard InChI is InChI=1S/C13H19BrN2O2/c1-3-6-15-7-8-16-13(17)11-5-4-10(14)9-12(11)18-2/h4-5,9,15H,3,6-8H2,1-2H3,(H,16,17). The number of methoxy groups -OCH3 is 1. The van der Waals surface area contributed by atoms with Crippen molar-refractivity contribution in [1.82, 2.24) is 10.6 Å². The van der Waals surface area contributed by atoms with E-state index in [9.17, 15) is 4.79 Å². The fraction of sp³-hybridized carbons (Fsp3) is 0.462. The van der Waals surface area contributed by atoms with Crippen LogP contribution in [0, 0.1) is 0 Å². The van der Waals surface area contributed by atoms with Gasteiger partial charge in [-0.05, 0) is 31.2 Å². The fourth-order valence-electron chi connectivity index (χ4n) is 1.51. The first kappa shape index (κ1) is 15.0. The highest BCUT2D eigenvalue weighted by atomic mass is 79.9. The number of benzene rings is 1. The van der Waals surface area contributed by atoms with Gasteiger partial charge in [-0.1, -0.05) is 22.9 Å². The molecule has 0 atom stereocenters. The largest absolute Gasteiger partial charge is 0.496 e. The third-order valence-electron chi connectivity index (χ3n) is 2.42. The SMILES string of the molecule is CCCNCCNC(=O)c1ccc(Br)cc1OC. The molecule has 0 fully saturated rings. The molecule has 1 aromatic carbocycles. The second-order valence-corrected chi connectivity index (χ2v) is 4.77. The van der Waals surface area contributed by atoms with E-state index in [2.05, 4.69) is 33.5 Å². The number of ether oxygens (including phenoxy) is 1. The molecule has 0 saturated heterocycles. The normalized spacial score (nSPS) is 10.2. The van der Waals surface area contributed by atoms with Gasteiger partial charge in [-0.25, -0.2) is 0 Å². The summed E-state index contributed by atoms with van der Waals surface area (Å²) in [7, 11) is 1.56. The van der Waals surface area contributed by atoms with Crippen molar-refractivity contribution in [3.05, 3.63) is 28.2 Å². The van der Waals surface area contributed by atoms with E-state index >= 15 is 0 Å². The quantitative estimate of drug-likeness (QED) is 0.758. The van der Waals surface area contributed by atoms with E-state index in [1.165, 1.54) is 0 Å². The number of rotatable bonds is 7. The maximum absolute atomic E-state index is 11.9. The summed E-state index contributed by atoms with van der Waals surface area (Å²) in [5.41, 5.74) is 0.552. The summed E-state index contributed by atoms with van der Waals surface area (Å²) in [5.74, 6) is 0.459. The van der Waals surface area contributed by atoms with Crippen LogP contribution in [0.4, 0.5) is 0 Å². The lowest BCUT2D eigenvalue weighted by Gasteiger charge is -2.10. The third kappa shape index (κ3) is 4.66. The Morgan fingerprint density at radius 1 is 1.33 bits per heavy atom. The summed E-state index contributed by atoms with van der Waals surface area (Å²) in [4.78, 5) is 11.9. The Bertz CT molecular complexity index is 397. The van der Waals surface area contributed by atoms with E-state index in [-0.39, 0.29) is 5.91 Å². The number of nitrogens with one attached hydrogen (secondary N) is 2. The van der Waals surface area contributed by atoms with Crippen LogP contribution in [0.1, 0.15) is 23.7 Å². The molecular formula is C13H19BrN2O2. The zero-order valence-electron chi connectivity index (χ0n) is 10.8. The molecule has 0 aromatic heterocycles. The summed E-state index contributed by atoms with van der Waals surface area (Å²) >= 11 is 3.35. The molecule has 18 heavy (non-hydrogen) atoms. The Kier molecular flexibility index (Phi) is 6.75. The molecule has 1 aromatic rings. The average molecular weight is 315 g/mol. The molecule has 2 N–H and O–H groups in total. The summed E-state index contributed by atoms with van der Waals surface area (Å²) < 4.78 is 6.08. The van der Waals surface area contributed by atoms with Gasteiger partial charge in [-0.2, -0.15) is 0 Å². The number of carbonyl (C=O) groups is 1. The van der Waals surface area contributed by atoms with Crippen molar-refractivity contribution in [2.45, 2.75) is 13.3 Å². The Hall–Kier alpha value is -1.07. The van der Waals surface area contributed by atoms with Crippen LogP contribution in [0.2, 0.25) is 0 Å². The number of amides is 1. The van der Waals surface area contributed by atoms with Crippen LogP contribution in [0.5, 0.6) is 5.75 Å². The summed E-state index contributed by atoms with van der Waals surface area (Å²) in [6.07, 6.45) is 1.09. The molecule has 0 spiro atoms. The topological polar surface area (TPSA) is 50.4 Å². The Labute approximate surface area is 116 Å². The Morgan fingerprint density at radius 2 is 2.11 bits per heavy atom. The van der Waals surface area contributed by atoms with Crippen LogP contribution in [-0.2, 0) is 0 Å². The van der Waals surface area contributed by atoms with Crippen molar-refractivity contribution in [2.75, 3.05) is 26.7 Å². The second-order valence-electron chi connectivity index (χ2n) is 3.85. The van der Waals surface area contributed by atoms with Crippen LogP contribution in [0.25, 0.3) is 0 Å². The zero-order chi connectivity index (χ0) is 13.4. The third-order valence-corrected chi connectivity index (χ3v) is 2.92. The summed E-state index contributed by atoms with van der Waals surface area (Å²) in [5, 5.41) is 6.08. The van der Waals surface area contributed by atoms with Gasteiger partial charge in [0.05, 0.1) is 12.7 Å². The predicted octanol–water partition coefficient (Wildman–Crippen LogP) is 2.19. The molecule has 0 aliphatic rings. The van der Waals surface area contributed by atoms with Gasteiger partial charge in [-0.3, -0.25) is 4.79 Å². The highest BCUT2D eigenvalue weighted by molar-refractivity contribution is 9.10. The van der Waals surface area contributed by atoms with Gasteiger partial charge in [-0.15, -0.1) is 0 Å². The van der Waals surface area contributed by atoms with E-state index in [0.29, 0.717) is 17.9 Å². The lowest BCUT2D eigenvalue weighted by atomic mass is 10.2. The molecule has 5 heteroatoms. The molecule has 0 radical (unpaired) electrons. The number of carbonyl (C=O) groups excluding carboxylic acids is 1. The van der Waals surface area contributed by atoms with Crippen LogP contribution in [0.3, 0.4) is 0 Å². The van der Waals surface area contributed by atoms with Gasteiger partial charge in [0.25, 0.3) is 5.91 Å². The van der Waals surface area contributed by atoms with Crippen LogP contribution < -0.4 is 15.4 Å². The molecular weight excluding hydrogens is 296 g/mol. The van der Waals surface area contributed by atoms with Crippen LogP contribution >= 0.6 is 15.9 Å². The van der Waals surface area contributed by atoms with Crippen molar-refractivity contribution >= 4 is 21.8 Å². The van der Waals surface area contributed by atoms with Gasteiger partial charge >= 0.3 is 0 Å². The molecule has 0 saturated carbocycles. The molecule has 0 heterocycles. The number of hydrogen-bond acceptors (Lipinski definition) is 3. The first-order valence-electron chi connectivity index (χ1n) is 6.01. The predicted molar refractivity (Wildman–Crippen MR) is 76.2 cm³/mol. The highest BCUT2D eigenvalue weighted by Gasteiger charge is 2.11. The van der Waals surface area contributed by atoms with E-state index in [1.54, 1.807) is 19.2 Å². The number of hydrogen-bond donors (Lipinski definition) is 2. The van der Waals surface area contributed by atoms with Gasteiger partial charge in [0.1, 0.15) is 5.75 Å². The minimum atomic E-state index is -0.113. The van der Waals surface area contributed by atoms with Crippen molar-refractivity contribution in [2.24, 2.45) is 0 Å². The molecule has 0 aliphatic heterocycles. The van der Waals surface area contributed by atoms with Gasteiger partial charge in [0.15, 0.2) is 0 Å². The minimum absolute atomic E-state index is 0.113. The fourth-order valence-corrected chi connectivity index (χ4v) is 1.85. The lowest BCUT2D eigenvalue weighted by molar-refractivity contribution is 0.0951. The van der Waals surface area contributed by atoms with Crippen LogP contribution in [-0.4, -0.2) is 32.7 Å². The van der Waals surface area contributed by atoms with Crippen molar-refractivity contribution in [1.29, 1.82) is 0 Å². The average Bonchev–Trinajstić information content (AvgIpc) is 2.38.